The van der Waals surface area contributed by atoms with Crippen molar-refractivity contribution in [2.24, 2.45) is 0 Å². The molecule has 0 fully saturated rings. The smallest absolute Gasteiger partial charge is 0.196 e. The quantitative estimate of drug-likeness (QED) is 0.710. The molecule has 0 unspecified atom stereocenters. The van der Waals surface area contributed by atoms with E-state index < -0.39 is 0 Å². The van der Waals surface area contributed by atoms with Gasteiger partial charge < -0.3 is 4.98 Å². The molecule has 1 aliphatic rings. The molecule has 0 spiro atoms. The van der Waals surface area contributed by atoms with Crippen molar-refractivity contribution >= 4 is 34.9 Å². The number of nitrogens with zero attached hydrogens (tertiary/aromatic N) is 2. The highest BCUT2D eigenvalue weighted by Gasteiger charge is 2.17. The van der Waals surface area contributed by atoms with Crippen molar-refractivity contribution in [2.45, 2.75) is 19.5 Å². The van der Waals surface area contributed by atoms with Gasteiger partial charge in [-0.15, -0.1) is 22.7 Å². The second kappa shape index (κ2) is 6.04. The molecule has 0 bridgehead atoms. The summed E-state index contributed by atoms with van der Waals surface area (Å²) in [5, 5.41) is 2.13. The summed E-state index contributed by atoms with van der Waals surface area (Å²) < 4.78 is 0.589. The van der Waals surface area contributed by atoms with Crippen LogP contribution in [0, 0.1) is 4.77 Å². The molecule has 0 aromatic carbocycles. The van der Waals surface area contributed by atoms with E-state index in [1.807, 2.05) is 17.5 Å². The van der Waals surface area contributed by atoms with Crippen LogP contribution >= 0.6 is 34.9 Å². The summed E-state index contributed by atoms with van der Waals surface area (Å²) >= 11 is 8.79. The van der Waals surface area contributed by atoms with Gasteiger partial charge >= 0.3 is 0 Å². The van der Waals surface area contributed by atoms with Crippen LogP contribution in [-0.4, -0.2) is 21.4 Å². The van der Waals surface area contributed by atoms with Gasteiger partial charge in [0.1, 0.15) is 0 Å². The fourth-order valence-electron chi connectivity index (χ4n) is 2.77. The molecule has 0 amide bonds. The van der Waals surface area contributed by atoms with Crippen molar-refractivity contribution in [3.63, 3.8) is 0 Å². The van der Waals surface area contributed by atoms with E-state index in [2.05, 4.69) is 44.5 Å². The summed E-state index contributed by atoms with van der Waals surface area (Å²) in [5.74, 6) is 0. The van der Waals surface area contributed by atoms with E-state index in [0.717, 1.165) is 26.1 Å². The predicted molar refractivity (Wildman–Crippen MR) is 94.9 cm³/mol. The van der Waals surface area contributed by atoms with Gasteiger partial charge in [0, 0.05) is 58.1 Å². The van der Waals surface area contributed by atoms with Crippen molar-refractivity contribution < 1.29 is 0 Å². The van der Waals surface area contributed by atoms with Gasteiger partial charge in [-0.2, -0.15) is 0 Å². The Kier molecular flexibility index (Phi) is 3.92. The number of H-pyrrole nitrogens is 1. The lowest BCUT2D eigenvalue weighted by atomic mass is 10.1. The van der Waals surface area contributed by atoms with Crippen LogP contribution in [0.25, 0.3) is 9.75 Å². The third-order valence-electron chi connectivity index (χ3n) is 3.86. The highest BCUT2D eigenvalue weighted by molar-refractivity contribution is 7.71. The Balaban J connectivity index is 1.48. The van der Waals surface area contributed by atoms with Gasteiger partial charge in [-0.1, -0.05) is 6.07 Å². The fraction of sp³-hybridized carbons (Fsp3) is 0.250. The fourth-order valence-corrected chi connectivity index (χ4v) is 4.84. The first-order valence-corrected chi connectivity index (χ1v) is 9.30. The molecular weight excluding hydrogens is 330 g/mol. The summed E-state index contributed by atoms with van der Waals surface area (Å²) in [6, 6.07) is 8.79. The number of nitrogens with one attached hydrogen (secondary N) is 1. The van der Waals surface area contributed by atoms with E-state index in [-0.39, 0.29) is 0 Å². The molecule has 22 heavy (non-hydrogen) atoms. The molecule has 1 N–H and O–H groups in total. The molecule has 4 heterocycles. The maximum atomic E-state index is 5.10. The molecule has 3 aromatic rings. The van der Waals surface area contributed by atoms with Crippen LogP contribution in [-0.2, 0) is 19.5 Å². The molecule has 0 atom stereocenters. The minimum absolute atomic E-state index is 0.589. The minimum Gasteiger partial charge on any atom is -0.334 e. The van der Waals surface area contributed by atoms with E-state index in [1.54, 1.807) is 11.3 Å². The number of aromatic amines is 1. The summed E-state index contributed by atoms with van der Waals surface area (Å²) in [5.41, 5.74) is 2.52. The van der Waals surface area contributed by atoms with Gasteiger partial charge in [-0.3, -0.25) is 4.90 Å². The maximum absolute atomic E-state index is 5.10. The molecule has 1 aliphatic heterocycles. The topological polar surface area (TPSA) is 31.9 Å². The van der Waals surface area contributed by atoms with Gasteiger partial charge in [-0.25, -0.2) is 4.98 Å². The predicted octanol–water partition coefficient (Wildman–Crippen LogP) is 4.49. The van der Waals surface area contributed by atoms with Gasteiger partial charge in [0.15, 0.2) is 4.77 Å². The number of hydrogen-bond acceptors (Lipinski definition) is 5. The number of fused-ring (bicyclic) bond motifs is 1. The van der Waals surface area contributed by atoms with E-state index in [0.29, 0.717) is 4.77 Å². The van der Waals surface area contributed by atoms with Crippen molar-refractivity contribution in [2.75, 3.05) is 6.54 Å². The van der Waals surface area contributed by atoms with E-state index in [4.69, 9.17) is 12.2 Å². The highest BCUT2D eigenvalue weighted by atomic mass is 32.1. The molecule has 3 aromatic heterocycles. The Labute approximate surface area is 142 Å². The summed E-state index contributed by atoms with van der Waals surface area (Å²) in [6.07, 6.45) is 2.94. The van der Waals surface area contributed by atoms with Crippen LogP contribution in [0.1, 0.15) is 16.1 Å². The summed E-state index contributed by atoms with van der Waals surface area (Å²) in [6.45, 7) is 3.01. The molecule has 6 heteroatoms. The molecular formula is C16H15N3S3. The van der Waals surface area contributed by atoms with Crippen molar-refractivity contribution in [1.29, 1.82) is 0 Å². The average molecular weight is 346 g/mol. The number of thiophene rings is 2. The van der Waals surface area contributed by atoms with Gasteiger partial charge in [0.05, 0.1) is 0 Å². The van der Waals surface area contributed by atoms with Gasteiger partial charge in [0.2, 0.25) is 0 Å². The van der Waals surface area contributed by atoms with Crippen molar-refractivity contribution in [3.8, 4) is 9.75 Å². The monoisotopic (exact) mass is 345 g/mol. The van der Waals surface area contributed by atoms with Gasteiger partial charge in [-0.05, 0) is 35.8 Å². The lowest BCUT2D eigenvalue weighted by molar-refractivity contribution is 0.245. The maximum Gasteiger partial charge on any atom is 0.196 e. The second-order valence-corrected chi connectivity index (χ2v) is 7.90. The lowest BCUT2D eigenvalue weighted by Crippen LogP contribution is -2.30. The third-order valence-corrected chi connectivity index (χ3v) is 6.20. The average Bonchev–Trinajstić information content (AvgIpc) is 3.18. The Bertz CT molecular complexity index is 832. The van der Waals surface area contributed by atoms with Crippen LogP contribution in [0.3, 0.4) is 0 Å². The van der Waals surface area contributed by atoms with E-state index in [1.165, 1.54) is 25.9 Å². The normalized spacial score (nSPS) is 14.9. The van der Waals surface area contributed by atoms with Crippen LogP contribution in [0.2, 0.25) is 0 Å². The van der Waals surface area contributed by atoms with Crippen LogP contribution in [0.4, 0.5) is 0 Å². The number of rotatable bonds is 3. The van der Waals surface area contributed by atoms with Crippen molar-refractivity contribution in [3.05, 3.63) is 56.7 Å². The first-order chi connectivity index (χ1) is 10.8. The van der Waals surface area contributed by atoms with E-state index >= 15 is 0 Å². The zero-order valence-electron chi connectivity index (χ0n) is 11.9. The van der Waals surface area contributed by atoms with Crippen LogP contribution < -0.4 is 0 Å². The summed E-state index contributed by atoms with van der Waals surface area (Å²) in [4.78, 5) is 14.0. The standard InChI is InChI=1S/C16H15N3S3/c20-16-17-8-11-9-19(6-5-13(11)18-16)10-12-3-4-15(22-12)14-2-1-7-21-14/h1-4,7-8H,5-6,9-10H2,(H,17,18,20). The third kappa shape index (κ3) is 2.92. The van der Waals surface area contributed by atoms with Gasteiger partial charge in [0.25, 0.3) is 0 Å². The SMILES string of the molecule is S=c1ncc2c([nH]1)CCN(Cc1ccc(-c3cccs3)s1)C2. The molecule has 4 rings (SSSR count). The molecule has 3 nitrogen and oxygen atoms in total. The first-order valence-electron chi connectivity index (χ1n) is 7.20. The Morgan fingerprint density at radius 1 is 1.27 bits per heavy atom. The van der Waals surface area contributed by atoms with Crippen molar-refractivity contribution in [1.82, 2.24) is 14.9 Å². The second-order valence-electron chi connectivity index (χ2n) is 5.40. The zero-order chi connectivity index (χ0) is 14.9. The molecule has 0 aliphatic carbocycles. The molecule has 0 saturated heterocycles. The Morgan fingerprint density at radius 2 is 2.23 bits per heavy atom. The number of hydrogen-bond donors (Lipinski definition) is 1. The lowest BCUT2D eigenvalue weighted by Gasteiger charge is -2.27. The largest absolute Gasteiger partial charge is 0.334 e. The minimum atomic E-state index is 0.589. The Hall–Kier alpha value is -1.34. The number of aromatic nitrogens is 2. The molecule has 112 valence electrons. The first kappa shape index (κ1) is 14.3. The summed E-state index contributed by atoms with van der Waals surface area (Å²) in [7, 11) is 0. The Morgan fingerprint density at radius 3 is 3.09 bits per heavy atom. The van der Waals surface area contributed by atoms with Crippen LogP contribution in [0.5, 0.6) is 0 Å². The molecule has 0 radical (unpaired) electrons. The highest BCUT2D eigenvalue weighted by Crippen LogP contribution is 2.32. The van der Waals surface area contributed by atoms with E-state index in [9.17, 15) is 0 Å². The van der Waals surface area contributed by atoms with Crippen LogP contribution in [0.15, 0.2) is 35.8 Å². The molecule has 0 saturated carbocycles. The zero-order valence-corrected chi connectivity index (χ0v) is 14.4.